The summed E-state index contributed by atoms with van der Waals surface area (Å²) in [5, 5.41) is 0. The standard InChI is InChI=1S/C13H22O2/c1-3-5-9-13(12(14)15-4-2)10-7-6-8-11-13/h7,10H,3-6,8-9,11H2,1-2H3. The average Bonchev–Trinajstić information content (AvgIpc) is 2.28. The summed E-state index contributed by atoms with van der Waals surface area (Å²) < 4.78 is 5.19. The Morgan fingerprint density at radius 3 is 2.80 bits per heavy atom. The highest BCUT2D eigenvalue weighted by Crippen LogP contribution is 2.37. The fourth-order valence-electron chi connectivity index (χ4n) is 2.18. The van der Waals surface area contributed by atoms with Crippen molar-refractivity contribution in [3.8, 4) is 0 Å². The molecular weight excluding hydrogens is 188 g/mol. The summed E-state index contributed by atoms with van der Waals surface area (Å²) in [6.45, 7) is 4.52. The Labute approximate surface area is 92.7 Å². The average molecular weight is 210 g/mol. The van der Waals surface area contributed by atoms with Crippen LogP contribution in [0.1, 0.15) is 52.4 Å². The lowest BCUT2D eigenvalue weighted by molar-refractivity contribution is -0.153. The van der Waals surface area contributed by atoms with Gasteiger partial charge >= 0.3 is 5.97 Å². The number of rotatable bonds is 5. The summed E-state index contributed by atoms with van der Waals surface area (Å²) in [4.78, 5) is 12.0. The van der Waals surface area contributed by atoms with Gasteiger partial charge in [-0.05, 0) is 32.6 Å². The monoisotopic (exact) mass is 210 g/mol. The van der Waals surface area contributed by atoms with E-state index in [2.05, 4.69) is 19.1 Å². The molecule has 1 unspecified atom stereocenters. The van der Waals surface area contributed by atoms with Crippen molar-refractivity contribution in [2.75, 3.05) is 6.61 Å². The van der Waals surface area contributed by atoms with Crippen LogP contribution in [0.2, 0.25) is 0 Å². The van der Waals surface area contributed by atoms with Gasteiger partial charge in [-0.15, -0.1) is 0 Å². The van der Waals surface area contributed by atoms with E-state index in [0.29, 0.717) is 6.61 Å². The molecule has 0 radical (unpaired) electrons. The van der Waals surface area contributed by atoms with Gasteiger partial charge < -0.3 is 4.74 Å². The van der Waals surface area contributed by atoms with Crippen molar-refractivity contribution < 1.29 is 9.53 Å². The van der Waals surface area contributed by atoms with E-state index in [1.165, 1.54) is 0 Å². The summed E-state index contributed by atoms with van der Waals surface area (Å²) in [5.74, 6) is -0.0191. The maximum Gasteiger partial charge on any atom is 0.315 e. The molecule has 0 amide bonds. The molecule has 0 saturated heterocycles. The van der Waals surface area contributed by atoms with Crippen molar-refractivity contribution in [1.82, 2.24) is 0 Å². The lowest BCUT2D eigenvalue weighted by Gasteiger charge is -2.30. The van der Waals surface area contributed by atoms with Gasteiger partial charge in [-0.2, -0.15) is 0 Å². The minimum atomic E-state index is -0.301. The second kappa shape index (κ2) is 5.94. The van der Waals surface area contributed by atoms with E-state index in [1.54, 1.807) is 0 Å². The third-order valence-corrected chi connectivity index (χ3v) is 3.09. The van der Waals surface area contributed by atoms with E-state index in [1.807, 2.05) is 6.92 Å². The molecule has 1 rings (SSSR count). The second-order valence-corrected chi connectivity index (χ2v) is 4.27. The Balaban J connectivity index is 2.70. The minimum Gasteiger partial charge on any atom is -0.465 e. The van der Waals surface area contributed by atoms with Gasteiger partial charge in [-0.1, -0.05) is 31.9 Å². The molecule has 1 aliphatic carbocycles. The highest BCUT2D eigenvalue weighted by molar-refractivity contribution is 5.79. The molecule has 86 valence electrons. The molecule has 1 aliphatic rings. The van der Waals surface area contributed by atoms with Crippen LogP contribution in [0.4, 0.5) is 0 Å². The molecule has 0 aromatic rings. The van der Waals surface area contributed by atoms with Gasteiger partial charge in [0, 0.05) is 0 Å². The van der Waals surface area contributed by atoms with Crippen molar-refractivity contribution in [2.24, 2.45) is 5.41 Å². The summed E-state index contributed by atoms with van der Waals surface area (Å²) in [7, 11) is 0. The van der Waals surface area contributed by atoms with E-state index < -0.39 is 0 Å². The number of carbonyl (C=O) groups is 1. The molecule has 2 nitrogen and oxygen atoms in total. The molecule has 0 N–H and O–H groups in total. The van der Waals surface area contributed by atoms with Crippen LogP contribution in [-0.2, 0) is 9.53 Å². The summed E-state index contributed by atoms with van der Waals surface area (Å²) in [6, 6.07) is 0. The molecule has 0 bridgehead atoms. The van der Waals surface area contributed by atoms with Gasteiger partial charge in [0.05, 0.1) is 12.0 Å². The number of allylic oxidation sites excluding steroid dienone is 1. The van der Waals surface area contributed by atoms with Crippen molar-refractivity contribution in [3.05, 3.63) is 12.2 Å². The van der Waals surface area contributed by atoms with E-state index in [9.17, 15) is 4.79 Å². The van der Waals surface area contributed by atoms with Crippen molar-refractivity contribution >= 4 is 5.97 Å². The van der Waals surface area contributed by atoms with Crippen LogP contribution in [0.25, 0.3) is 0 Å². The number of esters is 1. The van der Waals surface area contributed by atoms with E-state index in [4.69, 9.17) is 4.74 Å². The van der Waals surface area contributed by atoms with Gasteiger partial charge in [0.2, 0.25) is 0 Å². The molecule has 0 fully saturated rings. The zero-order chi connectivity index (χ0) is 11.1. The fourth-order valence-corrected chi connectivity index (χ4v) is 2.18. The first-order valence-electron chi connectivity index (χ1n) is 6.10. The molecule has 15 heavy (non-hydrogen) atoms. The zero-order valence-corrected chi connectivity index (χ0v) is 9.92. The number of carbonyl (C=O) groups excluding carboxylic acids is 1. The van der Waals surface area contributed by atoms with Crippen LogP contribution >= 0.6 is 0 Å². The molecule has 1 atom stereocenters. The normalized spacial score (nSPS) is 25.2. The zero-order valence-electron chi connectivity index (χ0n) is 9.92. The Kier molecular flexibility index (Phi) is 4.86. The van der Waals surface area contributed by atoms with Gasteiger partial charge in [0.1, 0.15) is 0 Å². The fraction of sp³-hybridized carbons (Fsp3) is 0.769. The Hall–Kier alpha value is -0.790. The summed E-state index contributed by atoms with van der Waals surface area (Å²) in [6.07, 6.45) is 10.6. The summed E-state index contributed by atoms with van der Waals surface area (Å²) >= 11 is 0. The van der Waals surface area contributed by atoms with Crippen LogP contribution in [0.15, 0.2) is 12.2 Å². The smallest absolute Gasteiger partial charge is 0.315 e. The lowest BCUT2D eigenvalue weighted by atomic mass is 9.75. The van der Waals surface area contributed by atoms with Gasteiger partial charge in [-0.25, -0.2) is 0 Å². The molecule has 2 heteroatoms. The van der Waals surface area contributed by atoms with Gasteiger partial charge in [0.25, 0.3) is 0 Å². The molecule has 0 aromatic heterocycles. The van der Waals surface area contributed by atoms with E-state index >= 15 is 0 Å². The van der Waals surface area contributed by atoms with Crippen molar-refractivity contribution in [1.29, 1.82) is 0 Å². The predicted molar refractivity (Wildman–Crippen MR) is 61.6 cm³/mol. The molecule has 0 aliphatic heterocycles. The third kappa shape index (κ3) is 3.08. The molecular formula is C13H22O2. The van der Waals surface area contributed by atoms with Crippen molar-refractivity contribution in [3.63, 3.8) is 0 Å². The van der Waals surface area contributed by atoms with Crippen LogP contribution < -0.4 is 0 Å². The topological polar surface area (TPSA) is 26.3 Å². The Morgan fingerprint density at radius 1 is 1.47 bits per heavy atom. The first-order chi connectivity index (χ1) is 7.25. The molecule has 0 aromatic carbocycles. The first kappa shape index (κ1) is 12.3. The largest absolute Gasteiger partial charge is 0.465 e. The molecule has 0 saturated carbocycles. The van der Waals surface area contributed by atoms with Crippen LogP contribution in [0, 0.1) is 5.41 Å². The maximum absolute atomic E-state index is 12.0. The third-order valence-electron chi connectivity index (χ3n) is 3.09. The maximum atomic E-state index is 12.0. The SMILES string of the molecule is CCCCC1(C(=O)OCC)C=CCCC1. The second-order valence-electron chi connectivity index (χ2n) is 4.27. The Morgan fingerprint density at radius 2 is 2.27 bits per heavy atom. The first-order valence-corrected chi connectivity index (χ1v) is 6.10. The number of hydrogen-bond donors (Lipinski definition) is 0. The van der Waals surface area contributed by atoms with Gasteiger partial charge in [0.15, 0.2) is 0 Å². The van der Waals surface area contributed by atoms with Gasteiger partial charge in [-0.3, -0.25) is 4.79 Å². The number of hydrogen-bond acceptors (Lipinski definition) is 2. The van der Waals surface area contributed by atoms with E-state index in [-0.39, 0.29) is 11.4 Å². The number of unbranched alkanes of at least 4 members (excludes halogenated alkanes) is 1. The lowest BCUT2D eigenvalue weighted by Crippen LogP contribution is -2.32. The highest BCUT2D eigenvalue weighted by Gasteiger charge is 2.37. The quantitative estimate of drug-likeness (QED) is 0.513. The highest BCUT2D eigenvalue weighted by atomic mass is 16.5. The van der Waals surface area contributed by atoms with Crippen LogP contribution in [-0.4, -0.2) is 12.6 Å². The summed E-state index contributed by atoms with van der Waals surface area (Å²) in [5.41, 5.74) is -0.301. The minimum absolute atomic E-state index is 0.0191. The van der Waals surface area contributed by atoms with E-state index in [0.717, 1.165) is 38.5 Å². The Bertz CT molecular complexity index is 233. The number of ether oxygens (including phenoxy) is 1. The predicted octanol–water partition coefficient (Wildman–Crippen LogP) is 3.47. The molecule has 0 heterocycles. The molecule has 0 spiro atoms. The van der Waals surface area contributed by atoms with Crippen LogP contribution in [0.5, 0.6) is 0 Å². The van der Waals surface area contributed by atoms with Crippen LogP contribution in [0.3, 0.4) is 0 Å². The van der Waals surface area contributed by atoms with Crippen molar-refractivity contribution in [2.45, 2.75) is 52.4 Å².